The van der Waals surface area contributed by atoms with Gasteiger partial charge in [0.1, 0.15) is 6.21 Å². The number of ether oxygens (including phenoxy) is 1. The zero-order chi connectivity index (χ0) is 8.91. The normalized spacial score (nSPS) is 11.8. The van der Waals surface area contributed by atoms with Crippen LogP contribution in [0.5, 0.6) is 0 Å². The summed E-state index contributed by atoms with van der Waals surface area (Å²) in [7, 11) is -3.47. The quantitative estimate of drug-likeness (QED) is 0.435. The molecule has 0 spiro atoms. The maximum Gasteiger partial charge on any atom is 0.350 e. The van der Waals surface area contributed by atoms with Gasteiger partial charge in [0.15, 0.2) is 0 Å². The second kappa shape index (κ2) is 4.07. The number of carbonyl (C=O) groups excluding carboxylic acids is 1. The van der Waals surface area contributed by atoms with Crippen molar-refractivity contribution in [2.24, 2.45) is 4.40 Å². The molecule has 0 aliphatic rings. The van der Waals surface area contributed by atoms with E-state index in [2.05, 4.69) is 9.13 Å². The third-order valence-corrected chi connectivity index (χ3v) is 1.12. The van der Waals surface area contributed by atoms with Gasteiger partial charge < -0.3 is 4.74 Å². The number of nitrogens with zero attached hydrogens (tertiary/aromatic N) is 1. The highest BCUT2D eigenvalue weighted by atomic mass is 32.2. The van der Waals surface area contributed by atoms with Gasteiger partial charge in [-0.05, 0) is 6.92 Å². The van der Waals surface area contributed by atoms with Crippen molar-refractivity contribution in [3.8, 4) is 0 Å². The summed E-state index contributed by atoms with van der Waals surface area (Å²) in [6.07, 6.45) is 1.53. The Balaban J connectivity index is 4.05. The number of esters is 1. The van der Waals surface area contributed by atoms with Crippen LogP contribution in [-0.2, 0) is 19.6 Å². The summed E-state index contributed by atoms with van der Waals surface area (Å²) < 4.78 is 28.0. The molecule has 0 N–H and O–H groups in total. The Bertz CT molecular complexity index is 254. The van der Waals surface area contributed by atoms with Crippen molar-refractivity contribution in [2.75, 3.05) is 12.9 Å². The van der Waals surface area contributed by atoms with Gasteiger partial charge in [0.25, 0.3) is 0 Å². The lowest BCUT2D eigenvalue weighted by molar-refractivity contribution is -0.134. The molecule has 0 fully saturated rings. The standard InChI is InChI=1S/C5H9NO4S/c1-3-10-5(7)4-6-11(2,8)9/h4H,3H2,1-2H3. The molecule has 0 unspecified atom stereocenters. The van der Waals surface area contributed by atoms with E-state index >= 15 is 0 Å². The lowest BCUT2D eigenvalue weighted by atomic mass is 10.7. The molecule has 0 saturated carbocycles. The fourth-order valence-corrected chi connectivity index (χ4v) is 0.596. The maximum atomic E-state index is 10.5. The first-order valence-electron chi connectivity index (χ1n) is 2.88. The minimum Gasteiger partial charge on any atom is -0.462 e. The Hall–Kier alpha value is -0.910. The van der Waals surface area contributed by atoms with Gasteiger partial charge in [-0.1, -0.05) is 0 Å². The molecule has 0 saturated heterocycles. The van der Waals surface area contributed by atoms with Crippen LogP contribution in [0, 0.1) is 0 Å². The van der Waals surface area contributed by atoms with Crippen LogP contribution in [0.1, 0.15) is 6.92 Å². The molecule has 0 amide bonds. The molecule has 0 aromatic carbocycles. The summed E-state index contributed by atoms with van der Waals surface area (Å²) in [5, 5.41) is 0. The Labute approximate surface area is 65.1 Å². The van der Waals surface area contributed by atoms with Crippen molar-refractivity contribution in [1.29, 1.82) is 0 Å². The smallest absolute Gasteiger partial charge is 0.350 e. The topological polar surface area (TPSA) is 72.8 Å². The third-order valence-electron chi connectivity index (χ3n) is 0.636. The lowest BCUT2D eigenvalue weighted by Crippen LogP contribution is -2.06. The van der Waals surface area contributed by atoms with Crippen LogP contribution in [0.15, 0.2) is 4.40 Å². The average molecular weight is 179 g/mol. The van der Waals surface area contributed by atoms with Crippen LogP contribution in [0.4, 0.5) is 0 Å². The highest BCUT2D eigenvalue weighted by Gasteiger charge is 1.98. The van der Waals surface area contributed by atoms with E-state index in [4.69, 9.17) is 0 Å². The van der Waals surface area contributed by atoms with E-state index < -0.39 is 16.0 Å². The van der Waals surface area contributed by atoms with Gasteiger partial charge in [-0.2, -0.15) is 4.40 Å². The molecule has 0 radical (unpaired) electrons. The summed E-state index contributed by atoms with van der Waals surface area (Å²) in [4.78, 5) is 10.5. The lowest BCUT2D eigenvalue weighted by Gasteiger charge is -1.92. The number of hydrogen-bond donors (Lipinski definition) is 0. The molecule has 0 heterocycles. The third kappa shape index (κ3) is 6.98. The minimum atomic E-state index is -3.47. The molecule has 0 atom stereocenters. The molecular weight excluding hydrogens is 170 g/mol. The van der Waals surface area contributed by atoms with E-state index in [9.17, 15) is 13.2 Å². The first-order valence-corrected chi connectivity index (χ1v) is 4.72. The Morgan fingerprint density at radius 3 is 2.55 bits per heavy atom. The fraction of sp³-hybridized carbons (Fsp3) is 0.600. The van der Waals surface area contributed by atoms with Gasteiger partial charge in [-0.15, -0.1) is 0 Å². The first-order chi connectivity index (χ1) is 4.95. The van der Waals surface area contributed by atoms with Gasteiger partial charge >= 0.3 is 5.97 Å². The van der Waals surface area contributed by atoms with Gasteiger partial charge in [0, 0.05) is 0 Å². The van der Waals surface area contributed by atoms with E-state index in [1.54, 1.807) is 6.92 Å². The van der Waals surface area contributed by atoms with Crippen molar-refractivity contribution < 1.29 is 17.9 Å². The Kier molecular flexibility index (Phi) is 3.73. The number of sulfonamides is 1. The monoisotopic (exact) mass is 179 g/mol. The Morgan fingerprint density at radius 1 is 1.64 bits per heavy atom. The van der Waals surface area contributed by atoms with Gasteiger partial charge in [-0.3, -0.25) is 0 Å². The van der Waals surface area contributed by atoms with Gasteiger partial charge in [0.05, 0.1) is 12.9 Å². The van der Waals surface area contributed by atoms with E-state index in [0.29, 0.717) is 6.21 Å². The predicted molar refractivity (Wildman–Crippen MR) is 40.0 cm³/mol. The van der Waals surface area contributed by atoms with Crippen molar-refractivity contribution in [1.82, 2.24) is 0 Å². The summed E-state index contributed by atoms with van der Waals surface area (Å²) in [5.74, 6) is -0.752. The second-order valence-electron chi connectivity index (χ2n) is 1.72. The molecule has 6 heteroatoms. The first kappa shape index (κ1) is 10.1. The number of carbonyl (C=O) groups is 1. The number of rotatable bonds is 3. The van der Waals surface area contributed by atoms with Crippen LogP contribution in [0.2, 0.25) is 0 Å². The molecule has 0 aliphatic carbocycles. The average Bonchev–Trinajstić information content (AvgIpc) is 1.83. The van der Waals surface area contributed by atoms with Crippen molar-refractivity contribution >= 4 is 22.2 Å². The molecule has 0 aromatic heterocycles. The van der Waals surface area contributed by atoms with Crippen LogP contribution in [-0.4, -0.2) is 33.5 Å². The molecule has 64 valence electrons. The summed E-state index contributed by atoms with van der Waals surface area (Å²) in [6, 6.07) is 0. The second-order valence-corrected chi connectivity index (χ2v) is 3.40. The molecule has 0 bridgehead atoms. The van der Waals surface area contributed by atoms with Crippen LogP contribution < -0.4 is 0 Å². The van der Waals surface area contributed by atoms with Crippen molar-refractivity contribution in [3.05, 3.63) is 0 Å². The fourth-order valence-electron chi connectivity index (χ4n) is 0.318. The van der Waals surface area contributed by atoms with Gasteiger partial charge in [0.2, 0.25) is 10.0 Å². The van der Waals surface area contributed by atoms with Crippen molar-refractivity contribution in [3.63, 3.8) is 0 Å². The van der Waals surface area contributed by atoms with Crippen molar-refractivity contribution in [2.45, 2.75) is 6.92 Å². The summed E-state index contributed by atoms with van der Waals surface area (Å²) in [5.41, 5.74) is 0. The van der Waals surface area contributed by atoms with E-state index in [1.165, 1.54) is 0 Å². The minimum absolute atomic E-state index is 0.203. The molecule has 5 nitrogen and oxygen atoms in total. The van der Waals surface area contributed by atoms with E-state index in [1.807, 2.05) is 0 Å². The maximum absolute atomic E-state index is 10.5. The highest BCUT2D eigenvalue weighted by molar-refractivity contribution is 7.89. The Morgan fingerprint density at radius 2 is 2.18 bits per heavy atom. The molecule has 0 aromatic rings. The molecular formula is C5H9NO4S. The van der Waals surface area contributed by atoms with Crippen LogP contribution in [0.25, 0.3) is 0 Å². The summed E-state index contributed by atoms with van der Waals surface area (Å²) in [6.45, 7) is 1.82. The molecule has 0 aliphatic heterocycles. The largest absolute Gasteiger partial charge is 0.462 e. The van der Waals surface area contributed by atoms with Crippen LogP contribution >= 0.6 is 0 Å². The molecule has 11 heavy (non-hydrogen) atoms. The number of hydrogen-bond acceptors (Lipinski definition) is 4. The zero-order valence-electron chi connectivity index (χ0n) is 6.27. The van der Waals surface area contributed by atoms with Gasteiger partial charge in [-0.25, -0.2) is 13.2 Å². The van der Waals surface area contributed by atoms with E-state index in [-0.39, 0.29) is 6.61 Å². The molecule has 0 rings (SSSR count). The van der Waals surface area contributed by atoms with Crippen LogP contribution in [0.3, 0.4) is 0 Å². The predicted octanol–water partition coefficient (Wildman–Crippen LogP) is -0.420. The summed E-state index contributed by atoms with van der Waals surface area (Å²) >= 11 is 0. The zero-order valence-corrected chi connectivity index (χ0v) is 7.09. The van der Waals surface area contributed by atoms with E-state index in [0.717, 1.165) is 6.26 Å². The highest BCUT2D eigenvalue weighted by Crippen LogP contribution is 1.82. The SMILES string of the molecule is CCOC(=O)C=NS(C)(=O)=O.